The van der Waals surface area contributed by atoms with E-state index in [1.807, 2.05) is 44.2 Å². The summed E-state index contributed by atoms with van der Waals surface area (Å²) in [6.07, 6.45) is 9.76. The molecule has 0 heterocycles. The average molecular weight is 952 g/mol. The van der Waals surface area contributed by atoms with E-state index in [-0.39, 0.29) is 58.4 Å². The molecular weight excluding hydrogens is 876 g/mol. The summed E-state index contributed by atoms with van der Waals surface area (Å²) in [5.41, 5.74) is 9.19. The number of aryl methyl sites for hydroxylation is 2. The molecule has 0 spiro atoms. The van der Waals surface area contributed by atoms with Crippen molar-refractivity contribution in [3.8, 4) is 5.75 Å². The standard InChI is InChI=1S/C31H40ClNO6.C23H36ClNO2/c1-7-20-16-22(17-20)28(29(35)38-6)31(5,19-27(34)39-25-12-10-24(11-13-25)33(36)37)23-9-8-21(26(32)18-23)14-15-30(2,3)4;1-7-15-12-17(13-15)20(21(26)27-6)23(5,25)18-9-8-16(19(24)14-18)10-11-22(2,3)4/h8-13,18,20,22,28H,7,14-17,19H2,1-6H3;8-9,14-15,17,20H,7,10-13,25H2,1-6H3/t20?,22?,28?,31-;15?,17?,20?,23-/m00/s1. The van der Waals surface area contributed by atoms with Crippen LogP contribution in [-0.4, -0.2) is 37.1 Å². The average Bonchev–Trinajstić information content (AvgIpc) is 3.21. The normalized spacial score (nSPS) is 21.0. The number of methoxy groups -OCH3 is 2. The minimum Gasteiger partial charge on any atom is -0.469 e. The summed E-state index contributed by atoms with van der Waals surface area (Å²) < 4.78 is 16.0. The van der Waals surface area contributed by atoms with Gasteiger partial charge in [0, 0.05) is 27.6 Å². The van der Waals surface area contributed by atoms with Crippen LogP contribution in [0.4, 0.5) is 5.69 Å². The number of hydrogen-bond donors (Lipinski definition) is 1. The molecule has 0 radical (unpaired) electrons. The van der Waals surface area contributed by atoms with Gasteiger partial charge >= 0.3 is 17.9 Å². The summed E-state index contributed by atoms with van der Waals surface area (Å²) >= 11 is 13.4. The molecule has 3 aromatic carbocycles. The Labute approximate surface area is 404 Å². The Morgan fingerprint density at radius 1 is 0.697 bits per heavy atom. The van der Waals surface area contributed by atoms with Gasteiger partial charge in [0.15, 0.2) is 0 Å². The zero-order valence-corrected chi connectivity index (χ0v) is 43.1. The third-order valence-corrected chi connectivity index (χ3v) is 15.1. The van der Waals surface area contributed by atoms with Crippen LogP contribution < -0.4 is 10.5 Å². The van der Waals surface area contributed by atoms with Crippen molar-refractivity contribution in [2.24, 2.45) is 52.1 Å². The van der Waals surface area contributed by atoms with Crippen LogP contribution in [0.5, 0.6) is 5.75 Å². The van der Waals surface area contributed by atoms with Crippen LogP contribution >= 0.6 is 23.2 Å². The Morgan fingerprint density at radius 3 is 1.53 bits per heavy atom. The number of nitrogens with zero attached hydrogens (tertiary/aromatic N) is 1. The van der Waals surface area contributed by atoms with Crippen molar-refractivity contribution in [3.05, 3.63) is 103 Å². The molecule has 0 aliphatic heterocycles. The Morgan fingerprint density at radius 2 is 1.12 bits per heavy atom. The lowest BCUT2D eigenvalue weighted by Crippen LogP contribution is -2.52. The van der Waals surface area contributed by atoms with Gasteiger partial charge in [0.2, 0.25) is 0 Å². The number of halogens is 2. The van der Waals surface area contributed by atoms with Crippen molar-refractivity contribution >= 4 is 46.8 Å². The van der Waals surface area contributed by atoms with Gasteiger partial charge in [-0.3, -0.25) is 24.5 Å². The van der Waals surface area contributed by atoms with Crippen LogP contribution in [0, 0.1) is 56.5 Å². The predicted octanol–water partition coefficient (Wildman–Crippen LogP) is 13.4. The van der Waals surface area contributed by atoms with Crippen LogP contribution in [0.2, 0.25) is 10.0 Å². The van der Waals surface area contributed by atoms with Gasteiger partial charge in [0.25, 0.3) is 5.69 Å². The lowest BCUT2D eigenvalue weighted by molar-refractivity contribution is -0.384. The fourth-order valence-electron chi connectivity index (χ4n) is 9.82. The molecule has 10 nitrogen and oxygen atoms in total. The molecule has 2 aliphatic carbocycles. The van der Waals surface area contributed by atoms with E-state index in [2.05, 4.69) is 61.5 Å². The topological polar surface area (TPSA) is 148 Å². The highest BCUT2D eigenvalue weighted by Gasteiger charge is 2.51. The summed E-state index contributed by atoms with van der Waals surface area (Å²) in [5.74, 6) is -0.236. The van der Waals surface area contributed by atoms with E-state index < -0.39 is 27.8 Å². The Hall–Kier alpha value is -3.99. The van der Waals surface area contributed by atoms with Gasteiger partial charge in [-0.2, -0.15) is 0 Å². The van der Waals surface area contributed by atoms with Crippen LogP contribution in [0.25, 0.3) is 0 Å². The molecular formula is C54H76Cl2N2O8. The van der Waals surface area contributed by atoms with E-state index in [1.165, 1.54) is 38.5 Å². The second-order valence-corrected chi connectivity index (χ2v) is 22.7. The summed E-state index contributed by atoms with van der Waals surface area (Å²) in [5, 5.41) is 12.3. The van der Waals surface area contributed by atoms with Crippen molar-refractivity contribution in [1.82, 2.24) is 0 Å². The SMILES string of the molecule is CCC1CC(C(C(=O)OC)[C@@](C)(CC(=O)Oc2ccc([N+](=O)[O-])cc2)c2ccc(CCC(C)(C)C)c(Cl)c2)C1.CCC1CC(C(C(=O)OC)[C@@](C)(N)c2ccc(CCC(C)(C)C)c(Cl)c2)C1. The molecule has 3 aromatic rings. The van der Waals surface area contributed by atoms with Crippen LogP contribution in [0.1, 0.15) is 149 Å². The molecule has 2 unspecified atom stereocenters. The van der Waals surface area contributed by atoms with E-state index in [0.717, 1.165) is 91.5 Å². The third-order valence-electron chi connectivity index (χ3n) is 14.4. The van der Waals surface area contributed by atoms with Gasteiger partial charge in [-0.25, -0.2) is 0 Å². The highest BCUT2D eigenvalue weighted by molar-refractivity contribution is 6.31. The van der Waals surface area contributed by atoms with Gasteiger partial charge in [-0.15, -0.1) is 0 Å². The predicted molar refractivity (Wildman–Crippen MR) is 265 cm³/mol. The molecule has 0 bridgehead atoms. The Bertz CT molecular complexity index is 2130. The molecule has 0 aromatic heterocycles. The number of non-ortho nitro benzene ring substituents is 1. The Kier molecular flexibility index (Phi) is 18.9. The van der Waals surface area contributed by atoms with Crippen molar-refractivity contribution < 1.29 is 33.5 Å². The maximum atomic E-state index is 13.3. The van der Waals surface area contributed by atoms with Crippen LogP contribution in [-0.2, 0) is 47.7 Å². The first-order valence-electron chi connectivity index (χ1n) is 23.7. The van der Waals surface area contributed by atoms with E-state index >= 15 is 0 Å². The van der Waals surface area contributed by atoms with E-state index in [0.29, 0.717) is 16.9 Å². The zero-order chi connectivity index (χ0) is 49.4. The largest absolute Gasteiger partial charge is 0.469 e. The highest BCUT2D eigenvalue weighted by atomic mass is 35.5. The number of benzene rings is 3. The fourth-order valence-corrected chi connectivity index (χ4v) is 10.4. The monoisotopic (exact) mass is 950 g/mol. The van der Waals surface area contributed by atoms with Crippen molar-refractivity contribution in [1.29, 1.82) is 0 Å². The molecule has 66 heavy (non-hydrogen) atoms. The lowest BCUT2D eigenvalue weighted by Gasteiger charge is -2.46. The van der Waals surface area contributed by atoms with Crippen LogP contribution in [0.15, 0.2) is 60.7 Å². The second kappa shape index (κ2) is 22.9. The number of rotatable bonds is 18. The quantitative estimate of drug-likeness (QED) is 0.0569. The molecule has 2 aliphatic rings. The van der Waals surface area contributed by atoms with Crippen molar-refractivity contribution in [2.45, 2.75) is 151 Å². The third kappa shape index (κ3) is 14.3. The van der Waals surface area contributed by atoms with Gasteiger partial charge in [0.05, 0.1) is 42.9 Å². The summed E-state index contributed by atoms with van der Waals surface area (Å²) in [6.45, 7) is 21.4. The maximum absolute atomic E-state index is 13.3. The molecule has 0 saturated heterocycles. The van der Waals surface area contributed by atoms with Gasteiger partial charge in [-0.05, 0) is 139 Å². The first-order valence-corrected chi connectivity index (χ1v) is 24.5. The molecule has 5 rings (SSSR count). The number of nitro benzene ring substituents is 1. The van der Waals surface area contributed by atoms with E-state index in [1.54, 1.807) is 0 Å². The van der Waals surface area contributed by atoms with E-state index in [9.17, 15) is 24.5 Å². The van der Waals surface area contributed by atoms with Crippen LogP contribution in [0.3, 0.4) is 0 Å². The lowest BCUT2D eigenvalue weighted by atomic mass is 9.57. The van der Waals surface area contributed by atoms with Crippen molar-refractivity contribution in [3.63, 3.8) is 0 Å². The minimum atomic E-state index is -0.944. The fraction of sp³-hybridized carbons (Fsp3) is 0.611. The van der Waals surface area contributed by atoms with E-state index in [4.69, 9.17) is 43.1 Å². The number of nitro groups is 1. The highest BCUT2D eigenvalue weighted by Crippen LogP contribution is 2.51. The Balaban J connectivity index is 0.000000309. The molecule has 2 N–H and O–H groups in total. The second-order valence-electron chi connectivity index (χ2n) is 21.8. The van der Waals surface area contributed by atoms with Gasteiger partial charge in [0.1, 0.15) is 5.75 Å². The number of carbonyl (C=O) groups excluding carboxylic acids is 3. The first-order chi connectivity index (χ1) is 30.8. The number of esters is 3. The molecule has 12 heteroatoms. The zero-order valence-electron chi connectivity index (χ0n) is 41.6. The minimum absolute atomic E-state index is 0.0684. The number of ether oxygens (including phenoxy) is 3. The number of hydrogen-bond acceptors (Lipinski definition) is 9. The van der Waals surface area contributed by atoms with Gasteiger partial charge < -0.3 is 19.9 Å². The van der Waals surface area contributed by atoms with Gasteiger partial charge in [-0.1, -0.05) is 123 Å². The molecule has 364 valence electrons. The first kappa shape index (κ1) is 54.6. The molecule has 0 amide bonds. The molecule has 2 saturated carbocycles. The van der Waals surface area contributed by atoms with Crippen molar-refractivity contribution in [2.75, 3.05) is 14.2 Å². The summed E-state index contributed by atoms with van der Waals surface area (Å²) in [4.78, 5) is 49.7. The summed E-state index contributed by atoms with van der Waals surface area (Å²) in [6, 6.07) is 17.3. The smallest absolute Gasteiger partial charge is 0.312 e. The molecule has 4 atom stereocenters. The number of nitrogens with two attached hydrogens (primary N) is 1. The summed E-state index contributed by atoms with van der Waals surface area (Å²) in [7, 11) is 2.83. The maximum Gasteiger partial charge on any atom is 0.312 e. The molecule has 2 fully saturated rings. The number of carbonyl (C=O) groups is 3.